The van der Waals surface area contributed by atoms with Gasteiger partial charge in [-0.05, 0) is 31.1 Å². The number of rotatable bonds is 48. The summed E-state index contributed by atoms with van der Waals surface area (Å²) in [6.45, 7) is 11.4. The topological polar surface area (TPSA) is 78.9 Å². The van der Waals surface area contributed by atoms with Gasteiger partial charge in [-0.1, -0.05) is 259 Å². The van der Waals surface area contributed by atoms with Crippen LogP contribution in [0.15, 0.2) is 0 Å². The third-order valence-electron chi connectivity index (χ3n) is 12.6. The predicted octanol–water partition coefficient (Wildman–Crippen LogP) is 17.3. The first-order valence-corrected chi connectivity index (χ1v) is 26.8. The Morgan fingerprint density at radius 2 is 0.633 bits per heavy atom. The molecule has 0 aliphatic carbocycles. The minimum absolute atomic E-state index is 0.0637. The Morgan fingerprint density at radius 3 is 0.950 bits per heavy atom. The SMILES string of the molecule is CCCCCCCCCC(=O)OC[C@@H](COC(=O)CCCCCCCCCCCCCCCCC(C)C)OC(=O)CCCCCCCCCCCCCCCCC(C)CC. The Morgan fingerprint density at radius 1 is 0.350 bits per heavy atom. The lowest BCUT2D eigenvalue weighted by Gasteiger charge is -2.18. The maximum Gasteiger partial charge on any atom is 0.306 e. The van der Waals surface area contributed by atoms with Crippen LogP contribution in [0.4, 0.5) is 0 Å². The van der Waals surface area contributed by atoms with Gasteiger partial charge in [0, 0.05) is 19.3 Å². The third-order valence-corrected chi connectivity index (χ3v) is 12.6. The first-order valence-electron chi connectivity index (χ1n) is 26.8. The summed E-state index contributed by atoms with van der Waals surface area (Å²) in [4.78, 5) is 37.8. The molecule has 0 aliphatic rings. The van der Waals surface area contributed by atoms with Gasteiger partial charge in [-0.15, -0.1) is 0 Å². The van der Waals surface area contributed by atoms with Crippen molar-refractivity contribution in [3.63, 3.8) is 0 Å². The molecule has 0 aliphatic heterocycles. The molecule has 0 heterocycles. The lowest BCUT2D eigenvalue weighted by Crippen LogP contribution is -2.30. The largest absolute Gasteiger partial charge is 0.462 e. The predicted molar refractivity (Wildman–Crippen MR) is 256 cm³/mol. The van der Waals surface area contributed by atoms with Gasteiger partial charge in [0.05, 0.1) is 0 Å². The van der Waals surface area contributed by atoms with Crippen LogP contribution in [0.1, 0.15) is 298 Å². The minimum Gasteiger partial charge on any atom is -0.462 e. The van der Waals surface area contributed by atoms with Crippen molar-refractivity contribution >= 4 is 17.9 Å². The van der Waals surface area contributed by atoms with Gasteiger partial charge in [-0.2, -0.15) is 0 Å². The van der Waals surface area contributed by atoms with Crippen molar-refractivity contribution < 1.29 is 28.6 Å². The van der Waals surface area contributed by atoms with Gasteiger partial charge in [0.1, 0.15) is 13.2 Å². The number of carbonyl (C=O) groups excluding carboxylic acids is 3. The summed E-state index contributed by atoms with van der Waals surface area (Å²) in [6, 6.07) is 0. The maximum atomic E-state index is 12.8. The highest BCUT2D eigenvalue weighted by atomic mass is 16.6. The van der Waals surface area contributed by atoms with Crippen molar-refractivity contribution in [1.82, 2.24) is 0 Å². The van der Waals surface area contributed by atoms with Gasteiger partial charge < -0.3 is 14.2 Å². The number of hydrogen-bond acceptors (Lipinski definition) is 6. The Kier molecular flexibility index (Phi) is 45.7. The van der Waals surface area contributed by atoms with Gasteiger partial charge in [-0.3, -0.25) is 14.4 Å². The van der Waals surface area contributed by atoms with E-state index in [0.29, 0.717) is 19.3 Å². The summed E-state index contributed by atoms with van der Waals surface area (Å²) in [6.07, 6.45) is 48.1. The Bertz CT molecular complexity index is 918. The average molecular weight is 849 g/mol. The van der Waals surface area contributed by atoms with E-state index in [4.69, 9.17) is 14.2 Å². The van der Waals surface area contributed by atoms with Crippen LogP contribution < -0.4 is 0 Å². The second-order valence-electron chi connectivity index (χ2n) is 19.2. The monoisotopic (exact) mass is 849 g/mol. The van der Waals surface area contributed by atoms with Crippen molar-refractivity contribution in [3.8, 4) is 0 Å². The fourth-order valence-electron chi connectivity index (χ4n) is 8.13. The van der Waals surface area contributed by atoms with E-state index in [1.54, 1.807) is 0 Å². The molecule has 2 atom stereocenters. The molecule has 0 bridgehead atoms. The molecular weight excluding hydrogens is 745 g/mol. The quantitative estimate of drug-likeness (QED) is 0.0345. The molecule has 0 N–H and O–H groups in total. The Balaban J connectivity index is 4.18. The summed E-state index contributed by atoms with van der Waals surface area (Å²) in [5.74, 6) is 0.887. The van der Waals surface area contributed by atoms with E-state index in [2.05, 4.69) is 34.6 Å². The maximum absolute atomic E-state index is 12.8. The highest BCUT2D eigenvalue weighted by Crippen LogP contribution is 2.18. The van der Waals surface area contributed by atoms with E-state index in [0.717, 1.165) is 69.6 Å². The van der Waals surface area contributed by atoms with Crippen molar-refractivity contribution in [2.75, 3.05) is 13.2 Å². The third kappa shape index (κ3) is 45.9. The number of ether oxygens (including phenoxy) is 3. The second kappa shape index (κ2) is 46.9. The molecule has 0 radical (unpaired) electrons. The molecule has 1 unspecified atom stereocenters. The summed E-state index contributed by atoms with van der Waals surface area (Å²) in [5.41, 5.74) is 0. The van der Waals surface area contributed by atoms with Crippen LogP contribution >= 0.6 is 0 Å². The summed E-state index contributed by atoms with van der Waals surface area (Å²) < 4.78 is 16.8. The van der Waals surface area contributed by atoms with Crippen LogP contribution in [0.25, 0.3) is 0 Å². The van der Waals surface area contributed by atoms with Gasteiger partial charge in [-0.25, -0.2) is 0 Å². The summed E-state index contributed by atoms with van der Waals surface area (Å²) in [5, 5.41) is 0. The zero-order valence-electron chi connectivity index (χ0n) is 41.1. The zero-order chi connectivity index (χ0) is 44.0. The summed E-state index contributed by atoms with van der Waals surface area (Å²) >= 11 is 0. The fourth-order valence-corrected chi connectivity index (χ4v) is 8.13. The molecule has 356 valence electrons. The molecule has 6 nitrogen and oxygen atoms in total. The van der Waals surface area contributed by atoms with E-state index in [1.807, 2.05) is 0 Å². The van der Waals surface area contributed by atoms with Crippen LogP contribution in [0.5, 0.6) is 0 Å². The van der Waals surface area contributed by atoms with Crippen molar-refractivity contribution in [2.45, 2.75) is 304 Å². The van der Waals surface area contributed by atoms with Crippen LogP contribution in [0, 0.1) is 11.8 Å². The van der Waals surface area contributed by atoms with E-state index in [1.165, 1.54) is 186 Å². The highest BCUT2D eigenvalue weighted by molar-refractivity contribution is 5.71. The molecule has 0 aromatic rings. The van der Waals surface area contributed by atoms with Crippen LogP contribution in [0.3, 0.4) is 0 Å². The molecule has 6 heteroatoms. The molecule has 0 saturated carbocycles. The molecule has 0 saturated heterocycles. The Hall–Kier alpha value is -1.59. The first kappa shape index (κ1) is 58.4. The lowest BCUT2D eigenvalue weighted by molar-refractivity contribution is -0.167. The lowest BCUT2D eigenvalue weighted by atomic mass is 9.99. The van der Waals surface area contributed by atoms with Crippen LogP contribution in [-0.2, 0) is 28.6 Å². The second-order valence-corrected chi connectivity index (χ2v) is 19.2. The molecule has 0 spiro atoms. The van der Waals surface area contributed by atoms with E-state index in [9.17, 15) is 14.4 Å². The molecule has 0 aromatic heterocycles. The summed E-state index contributed by atoms with van der Waals surface area (Å²) in [7, 11) is 0. The minimum atomic E-state index is -0.760. The molecule has 0 fully saturated rings. The fraction of sp³-hybridized carbons (Fsp3) is 0.944. The average Bonchev–Trinajstić information content (AvgIpc) is 3.23. The van der Waals surface area contributed by atoms with Gasteiger partial charge in [0.2, 0.25) is 0 Å². The van der Waals surface area contributed by atoms with Crippen molar-refractivity contribution in [3.05, 3.63) is 0 Å². The molecular formula is C54H104O6. The smallest absolute Gasteiger partial charge is 0.306 e. The molecule has 0 amide bonds. The van der Waals surface area contributed by atoms with Crippen LogP contribution in [0.2, 0.25) is 0 Å². The zero-order valence-corrected chi connectivity index (χ0v) is 41.1. The normalized spacial score (nSPS) is 12.5. The van der Waals surface area contributed by atoms with Crippen LogP contribution in [-0.4, -0.2) is 37.2 Å². The molecule has 60 heavy (non-hydrogen) atoms. The standard InChI is InChI=1S/C54H104O6/c1-6-8-9-10-27-34-39-44-52(55)58-47-51(48-59-53(56)45-40-35-30-25-21-17-13-11-15-19-23-28-32-37-42-49(3)4)60-54(57)46-41-36-31-26-22-18-14-12-16-20-24-29-33-38-43-50(5)7-2/h49-51H,6-48H2,1-5H3/t50?,51-/m0/s1. The first-order chi connectivity index (χ1) is 29.3. The molecule has 0 rings (SSSR count). The number of unbranched alkanes of at least 4 members (excludes halogenated alkanes) is 32. The van der Waals surface area contributed by atoms with E-state index in [-0.39, 0.29) is 31.1 Å². The number of hydrogen-bond donors (Lipinski definition) is 0. The van der Waals surface area contributed by atoms with E-state index >= 15 is 0 Å². The molecule has 0 aromatic carbocycles. The number of carbonyl (C=O) groups is 3. The van der Waals surface area contributed by atoms with Crippen molar-refractivity contribution in [2.24, 2.45) is 11.8 Å². The van der Waals surface area contributed by atoms with Gasteiger partial charge >= 0.3 is 17.9 Å². The van der Waals surface area contributed by atoms with Gasteiger partial charge in [0.25, 0.3) is 0 Å². The highest BCUT2D eigenvalue weighted by Gasteiger charge is 2.19. The van der Waals surface area contributed by atoms with Crippen molar-refractivity contribution in [1.29, 1.82) is 0 Å². The van der Waals surface area contributed by atoms with Gasteiger partial charge in [0.15, 0.2) is 6.10 Å². The Labute approximate surface area is 374 Å². The number of esters is 3. The van der Waals surface area contributed by atoms with E-state index < -0.39 is 6.10 Å².